The predicted molar refractivity (Wildman–Crippen MR) is 63.1 cm³/mol. The molecule has 0 aliphatic rings. The van der Waals surface area contributed by atoms with Crippen LogP contribution in [0.1, 0.15) is 39.5 Å². The molecule has 0 atom stereocenters. The maximum atomic E-state index is 11.2. The zero-order chi connectivity index (χ0) is 11.5. The summed E-state index contributed by atoms with van der Waals surface area (Å²) in [6.07, 6.45) is 2.79. The summed E-state index contributed by atoms with van der Waals surface area (Å²) in [5.74, 6) is 1.50. The van der Waals surface area contributed by atoms with Gasteiger partial charge in [0, 0.05) is 12.2 Å². The van der Waals surface area contributed by atoms with Crippen LogP contribution in [0.5, 0.6) is 0 Å². The van der Waals surface area contributed by atoms with E-state index >= 15 is 0 Å². The molecule has 0 aromatic carbocycles. The number of unbranched alkanes of at least 4 members (excludes halogenated alkanes) is 1. The first-order valence-electron chi connectivity index (χ1n) is 5.45. The first kappa shape index (κ1) is 14.5. The first-order chi connectivity index (χ1) is 7.20. The van der Waals surface area contributed by atoms with E-state index in [4.69, 9.17) is 4.74 Å². The van der Waals surface area contributed by atoms with Crippen molar-refractivity contribution >= 4 is 23.5 Å². The monoisotopic (exact) mass is 232 g/mol. The molecule has 0 aromatic heterocycles. The van der Waals surface area contributed by atoms with Gasteiger partial charge in [0.15, 0.2) is 0 Å². The number of ketones is 1. The Morgan fingerprint density at radius 1 is 1.20 bits per heavy atom. The second-order valence-electron chi connectivity index (χ2n) is 3.24. The van der Waals surface area contributed by atoms with Crippen molar-refractivity contribution in [2.45, 2.75) is 39.5 Å². The van der Waals surface area contributed by atoms with Crippen molar-refractivity contribution in [2.75, 3.05) is 18.1 Å². The lowest BCUT2D eigenvalue weighted by atomic mass is 10.2. The van der Waals surface area contributed by atoms with Gasteiger partial charge in [0.2, 0.25) is 0 Å². The predicted octanol–water partition coefficient (Wildman–Crippen LogP) is 2.43. The molecule has 3 nitrogen and oxygen atoms in total. The molecule has 0 radical (unpaired) electrons. The topological polar surface area (TPSA) is 43.4 Å². The average molecular weight is 232 g/mol. The zero-order valence-corrected chi connectivity index (χ0v) is 10.4. The third-order valence-corrected chi connectivity index (χ3v) is 2.88. The molecule has 0 heterocycles. The second kappa shape index (κ2) is 10.0. The molecule has 0 aliphatic heterocycles. The SMILES string of the molecule is CCCCSCCC(=O)CC(=O)OCC. The Hall–Kier alpha value is -0.510. The number of carbonyl (C=O) groups excluding carboxylic acids is 2. The van der Waals surface area contributed by atoms with E-state index in [9.17, 15) is 9.59 Å². The van der Waals surface area contributed by atoms with Crippen molar-refractivity contribution in [3.05, 3.63) is 0 Å². The third kappa shape index (κ3) is 9.79. The van der Waals surface area contributed by atoms with Crippen LogP contribution in [0.15, 0.2) is 0 Å². The van der Waals surface area contributed by atoms with Gasteiger partial charge in [0.1, 0.15) is 12.2 Å². The number of esters is 1. The molecule has 0 fully saturated rings. The molecule has 0 saturated heterocycles. The van der Waals surface area contributed by atoms with Gasteiger partial charge in [0.05, 0.1) is 6.61 Å². The Morgan fingerprint density at radius 3 is 2.53 bits per heavy atom. The van der Waals surface area contributed by atoms with Crippen LogP contribution in [-0.4, -0.2) is 29.9 Å². The number of rotatable bonds is 9. The summed E-state index contributed by atoms with van der Waals surface area (Å²) in [5, 5.41) is 0. The Balaban J connectivity index is 3.37. The maximum absolute atomic E-state index is 11.2. The Kier molecular flexibility index (Phi) is 9.68. The largest absolute Gasteiger partial charge is 0.466 e. The molecule has 0 amide bonds. The number of Topliss-reactive ketones (excluding diaryl/α,β-unsaturated/α-hetero) is 1. The molecule has 0 saturated carbocycles. The van der Waals surface area contributed by atoms with Crippen LogP contribution >= 0.6 is 11.8 Å². The van der Waals surface area contributed by atoms with Gasteiger partial charge in [-0.05, 0) is 19.1 Å². The normalized spacial score (nSPS) is 10.0. The summed E-state index contributed by atoms with van der Waals surface area (Å²) in [7, 11) is 0. The number of hydrogen-bond acceptors (Lipinski definition) is 4. The summed E-state index contributed by atoms with van der Waals surface area (Å²) in [6.45, 7) is 4.23. The fourth-order valence-electron chi connectivity index (χ4n) is 0.996. The molecule has 88 valence electrons. The van der Waals surface area contributed by atoms with Crippen LogP contribution < -0.4 is 0 Å². The van der Waals surface area contributed by atoms with Crippen LogP contribution in [0, 0.1) is 0 Å². The molecule has 0 aliphatic carbocycles. The van der Waals surface area contributed by atoms with Gasteiger partial charge >= 0.3 is 5.97 Å². The van der Waals surface area contributed by atoms with Crippen LogP contribution in [-0.2, 0) is 14.3 Å². The molecule has 4 heteroatoms. The highest BCUT2D eigenvalue weighted by Gasteiger charge is 2.09. The van der Waals surface area contributed by atoms with Gasteiger partial charge < -0.3 is 4.74 Å². The van der Waals surface area contributed by atoms with E-state index in [-0.39, 0.29) is 12.2 Å². The summed E-state index contributed by atoms with van der Waals surface area (Å²) >= 11 is 1.77. The highest BCUT2D eigenvalue weighted by molar-refractivity contribution is 7.99. The lowest BCUT2D eigenvalue weighted by molar-refractivity contribution is -0.145. The van der Waals surface area contributed by atoms with E-state index in [1.54, 1.807) is 18.7 Å². The molecule has 15 heavy (non-hydrogen) atoms. The average Bonchev–Trinajstić information content (AvgIpc) is 2.17. The highest BCUT2D eigenvalue weighted by Crippen LogP contribution is 2.07. The van der Waals surface area contributed by atoms with Crippen LogP contribution in [0.25, 0.3) is 0 Å². The number of carbonyl (C=O) groups is 2. The lowest BCUT2D eigenvalue weighted by Crippen LogP contribution is -2.11. The molecular weight excluding hydrogens is 212 g/mol. The van der Waals surface area contributed by atoms with Gasteiger partial charge in [-0.15, -0.1) is 0 Å². The molecule has 0 spiro atoms. The fourth-order valence-corrected chi connectivity index (χ4v) is 2.06. The number of hydrogen-bond donors (Lipinski definition) is 0. The van der Waals surface area contributed by atoms with Gasteiger partial charge in [-0.2, -0.15) is 11.8 Å². The Morgan fingerprint density at radius 2 is 1.93 bits per heavy atom. The van der Waals surface area contributed by atoms with E-state index in [1.807, 2.05) is 0 Å². The number of thioether (sulfide) groups is 1. The molecule has 0 aromatic rings. The minimum atomic E-state index is -0.402. The highest BCUT2D eigenvalue weighted by atomic mass is 32.2. The summed E-state index contributed by atoms with van der Waals surface area (Å²) in [4.78, 5) is 22.2. The van der Waals surface area contributed by atoms with Crippen molar-refractivity contribution < 1.29 is 14.3 Å². The quantitative estimate of drug-likeness (QED) is 0.348. The van der Waals surface area contributed by atoms with E-state index in [1.165, 1.54) is 12.8 Å². The first-order valence-corrected chi connectivity index (χ1v) is 6.61. The van der Waals surface area contributed by atoms with E-state index in [0.29, 0.717) is 13.0 Å². The smallest absolute Gasteiger partial charge is 0.313 e. The summed E-state index contributed by atoms with van der Waals surface area (Å²) in [6, 6.07) is 0. The fraction of sp³-hybridized carbons (Fsp3) is 0.818. The van der Waals surface area contributed by atoms with Crippen molar-refractivity contribution in [3.8, 4) is 0 Å². The molecule has 0 unspecified atom stereocenters. The van der Waals surface area contributed by atoms with Gasteiger partial charge in [-0.3, -0.25) is 9.59 Å². The molecule has 0 rings (SSSR count). The van der Waals surface area contributed by atoms with Crippen molar-refractivity contribution in [1.82, 2.24) is 0 Å². The Bertz CT molecular complexity index is 192. The van der Waals surface area contributed by atoms with Crippen LogP contribution in [0.2, 0.25) is 0 Å². The van der Waals surface area contributed by atoms with E-state index in [0.717, 1.165) is 11.5 Å². The zero-order valence-electron chi connectivity index (χ0n) is 9.58. The molecule has 0 N–H and O–H groups in total. The third-order valence-electron chi connectivity index (χ3n) is 1.81. The minimum Gasteiger partial charge on any atom is -0.466 e. The van der Waals surface area contributed by atoms with Gasteiger partial charge in [-0.25, -0.2) is 0 Å². The van der Waals surface area contributed by atoms with E-state index < -0.39 is 5.97 Å². The molecule has 0 bridgehead atoms. The molecular formula is C11H20O3S. The van der Waals surface area contributed by atoms with Gasteiger partial charge in [-0.1, -0.05) is 13.3 Å². The van der Waals surface area contributed by atoms with E-state index in [2.05, 4.69) is 6.92 Å². The van der Waals surface area contributed by atoms with Crippen molar-refractivity contribution in [3.63, 3.8) is 0 Å². The van der Waals surface area contributed by atoms with Gasteiger partial charge in [0.25, 0.3) is 0 Å². The second-order valence-corrected chi connectivity index (χ2v) is 4.46. The van der Waals surface area contributed by atoms with Crippen molar-refractivity contribution in [1.29, 1.82) is 0 Å². The standard InChI is InChI=1S/C11H20O3S/c1-3-5-7-15-8-6-10(12)9-11(13)14-4-2/h3-9H2,1-2H3. The summed E-state index contributed by atoms with van der Waals surface area (Å²) in [5.41, 5.74) is 0. The van der Waals surface area contributed by atoms with Crippen molar-refractivity contribution in [2.24, 2.45) is 0 Å². The Labute approximate surface area is 95.9 Å². The number of ether oxygens (including phenoxy) is 1. The minimum absolute atomic E-state index is 0.0163. The van der Waals surface area contributed by atoms with Crippen LogP contribution in [0.3, 0.4) is 0 Å². The summed E-state index contributed by atoms with van der Waals surface area (Å²) < 4.78 is 4.69. The van der Waals surface area contributed by atoms with Crippen LogP contribution in [0.4, 0.5) is 0 Å². The lowest BCUT2D eigenvalue weighted by Gasteiger charge is -2.01. The maximum Gasteiger partial charge on any atom is 0.313 e.